The van der Waals surface area contributed by atoms with Gasteiger partial charge in [-0.1, -0.05) is 19.1 Å². The van der Waals surface area contributed by atoms with Crippen LogP contribution in [0.2, 0.25) is 0 Å². The summed E-state index contributed by atoms with van der Waals surface area (Å²) in [5.41, 5.74) is 1.21. The zero-order valence-corrected chi connectivity index (χ0v) is 13.5. The van der Waals surface area contributed by atoms with Crippen molar-refractivity contribution in [2.75, 3.05) is 40.4 Å². The predicted octanol–water partition coefficient (Wildman–Crippen LogP) is 2.53. The molecule has 1 aliphatic rings. The van der Waals surface area contributed by atoms with E-state index >= 15 is 0 Å². The van der Waals surface area contributed by atoms with Gasteiger partial charge in [0.05, 0.1) is 14.2 Å². The summed E-state index contributed by atoms with van der Waals surface area (Å²) in [6, 6.07) is 6.12. The molecule has 1 saturated heterocycles. The molecule has 118 valence electrons. The highest BCUT2D eigenvalue weighted by atomic mass is 16.5. The molecule has 0 radical (unpaired) electrons. The van der Waals surface area contributed by atoms with Gasteiger partial charge in [-0.05, 0) is 51.0 Å². The van der Waals surface area contributed by atoms with Crippen molar-refractivity contribution in [3.8, 4) is 11.5 Å². The molecule has 1 heterocycles. The van der Waals surface area contributed by atoms with Crippen molar-refractivity contribution in [1.82, 2.24) is 10.2 Å². The zero-order valence-electron chi connectivity index (χ0n) is 13.5. The molecule has 0 spiro atoms. The number of nitrogens with one attached hydrogen (secondary N) is 1. The molecule has 1 N–H and O–H groups in total. The molecule has 4 nitrogen and oxygen atoms in total. The minimum Gasteiger partial charge on any atom is -0.493 e. The van der Waals surface area contributed by atoms with Crippen LogP contribution in [0.4, 0.5) is 0 Å². The number of methoxy groups -OCH3 is 2. The molecule has 1 aromatic carbocycles. The van der Waals surface area contributed by atoms with Crippen molar-refractivity contribution in [1.29, 1.82) is 0 Å². The Morgan fingerprint density at radius 1 is 1.19 bits per heavy atom. The topological polar surface area (TPSA) is 33.7 Å². The standard InChI is InChI=1S/C17H28N2O2/c1-4-18-12-14-8-10-19(11-9-14)13-15-6-5-7-16(20-2)17(15)21-3/h5-7,14,18H,4,8-13H2,1-3H3. The van der Waals surface area contributed by atoms with Gasteiger partial charge in [0.2, 0.25) is 0 Å². The van der Waals surface area contributed by atoms with E-state index in [1.165, 1.54) is 18.4 Å². The van der Waals surface area contributed by atoms with Crippen molar-refractivity contribution in [3.05, 3.63) is 23.8 Å². The molecular formula is C17H28N2O2. The van der Waals surface area contributed by atoms with Gasteiger partial charge >= 0.3 is 0 Å². The monoisotopic (exact) mass is 292 g/mol. The van der Waals surface area contributed by atoms with Crippen LogP contribution in [0.25, 0.3) is 0 Å². The highest BCUT2D eigenvalue weighted by Crippen LogP contribution is 2.32. The van der Waals surface area contributed by atoms with E-state index in [0.29, 0.717) is 0 Å². The first-order valence-corrected chi connectivity index (χ1v) is 7.91. The number of para-hydroxylation sites is 1. The maximum Gasteiger partial charge on any atom is 0.165 e. The summed E-state index contributed by atoms with van der Waals surface area (Å²) in [4.78, 5) is 2.51. The van der Waals surface area contributed by atoms with Gasteiger partial charge in [-0.25, -0.2) is 0 Å². The van der Waals surface area contributed by atoms with Crippen molar-refractivity contribution >= 4 is 0 Å². The molecule has 0 saturated carbocycles. The van der Waals surface area contributed by atoms with E-state index in [2.05, 4.69) is 23.2 Å². The Morgan fingerprint density at radius 3 is 2.57 bits per heavy atom. The van der Waals surface area contributed by atoms with Crippen molar-refractivity contribution < 1.29 is 9.47 Å². The first-order chi connectivity index (χ1) is 10.3. The van der Waals surface area contributed by atoms with Crippen LogP contribution in [0.15, 0.2) is 18.2 Å². The molecule has 0 aromatic heterocycles. The smallest absolute Gasteiger partial charge is 0.165 e. The Bertz CT molecular complexity index is 429. The second-order valence-electron chi connectivity index (χ2n) is 5.68. The second-order valence-corrected chi connectivity index (χ2v) is 5.68. The molecular weight excluding hydrogens is 264 g/mol. The Labute approximate surface area is 128 Å². The van der Waals surface area contributed by atoms with Gasteiger partial charge in [0.1, 0.15) is 0 Å². The van der Waals surface area contributed by atoms with Crippen molar-refractivity contribution in [2.45, 2.75) is 26.3 Å². The fourth-order valence-corrected chi connectivity index (χ4v) is 3.02. The van der Waals surface area contributed by atoms with Gasteiger partial charge in [0.15, 0.2) is 11.5 Å². The third kappa shape index (κ3) is 4.35. The average molecular weight is 292 g/mol. The van der Waals surface area contributed by atoms with E-state index in [1.807, 2.05) is 12.1 Å². The quantitative estimate of drug-likeness (QED) is 0.837. The van der Waals surface area contributed by atoms with Gasteiger partial charge < -0.3 is 14.8 Å². The van der Waals surface area contributed by atoms with Gasteiger partial charge in [-0.15, -0.1) is 0 Å². The molecule has 0 aliphatic carbocycles. The lowest BCUT2D eigenvalue weighted by atomic mass is 9.96. The molecule has 0 bridgehead atoms. The molecule has 21 heavy (non-hydrogen) atoms. The number of nitrogens with zero attached hydrogens (tertiary/aromatic N) is 1. The number of benzene rings is 1. The normalized spacial score (nSPS) is 16.9. The molecule has 0 unspecified atom stereocenters. The molecule has 1 aliphatic heterocycles. The average Bonchev–Trinajstić information content (AvgIpc) is 2.54. The van der Waals surface area contributed by atoms with Crippen LogP contribution in [-0.4, -0.2) is 45.3 Å². The Balaban J connectivity index is 1.91. The minimum atomic E-state index is 0.817. The van der Waals surface area contributed by atoms with Crippen LogP contribution in [0.5, 0.6) is 11.5 Å². The van der Waals surface area contributed by atoms with Crippen molar-refractivity contribution in [2.24, 2.45) is 5.92 Å². The van der Waals surface area contributed by atoms with E-state index in [1.54, 1.807) is 14.2 Å². The van der Waals surface area contributed by atoms with Crippen LogP contribution in [0.3, 0.4) is 0 Å². The fraction of sp³-hybridized carbons (Fsp3) is 0.647. The van der Waals surface area contributed by atoms with E-state index in [0.717, 1.165) is 50.1 Å². The van der Waals surface area contributed by atoms with E-state index in [4.69, 9.17) is 9.47 Å². The maximum absolute atomic E-state index is 5.52. The molecule has 1 fully saturated rings. The first-order valence-electron chi connectivity index (χ1n) is 7.91. The summed E-state index contributed by atoms with van der Waals surface area (Å²) in [5, 5.41) is 3.46. The molecule has 0 atom stereocenters. The lowest BCUT2D eigenvalue weighted by Gasteiger charge is -2.32. The van der Waals surface area contributed by atoms with Crippen LogP contribution < -0.4 is 14.8 Å². The molecule has 1 aromatic rings. The third-order valence-corrected chi connectivity index (χ3v) is 4.27. The molecule has 4 heteroatoms. The highest BCUT2D eigenvalue weighted by molar-refractivity contribution is 5.46. The summed E-state index contributed by atoms with van der Waals surface area (Å²) < 4.78 is 10.9. The fourth-order valence-electron chi connectivity index (χ4n) is 3.02. The summed E-state index contributed by atoms with van der Waals surface area (Å²) in [7, 11) is 3.40. The number of likely N-dealkylation sites (tertiary alicyclic amines) is 1. The third-order valence-electron chi connectivity index (χ3n) is 4.27. The van der Waals surface area contributed by atoms with Crippen LogP contribution in [0, 0.1) is 5.92 Å². The summed E-state index contributed by atoms with van der Waals surface area (Å²) in [5.74, 6) is 2.51. The Hall–Kier alpha value is -1.26. The summed E-state index contributed by atoms with van der Waals surface area (Å²) >= 11 is 0. The highest BCUT2D eigenvalue weighted by Gasteiger charge is 2.20. The number of ether oxygens (including phenoxy) is 2. The Morgan fingerprint density at radius 2 is 1.95 bits per heavy atom. The largest absolute Gasteiger partial charge is 0.493 e. The minimum absolute atomic E-state index is 0.817. The lowest BCUT2D eigenvalue weighted by molar-refractivity contribution is 0.174. The van der Waals surface area contributed by atoms with Gasteiger partial charge in [0, 0.05) is 12.1 Å². The molecule has 2 rings (SSSR count). The van der Waals surface area contributed by atoms with Gasteiger partial charge in [-0.2, -0.15) is 0 Å². The molecule has 0 amide bonds. The number of hydrogen-bond donors (Lipinski definition) is 1. The summed E-state index contributed by atoms with van der Waals surface area (Å²) in [6.45, 7) is 7.67. The number of hydrogen-bond acceptors (Lipinski definition) is 4. The van der Waals surface area contributed by atoms with Gasteiger partial charge in [0.25, 0.3) is 0 Å². The summed E-state index contributed by atoms with van der Waals surface area (Å²) in [6.07, 6.45) is 2.55. The number of piperidine rings is 1. The first kappa shape index (κ1) is 16.1. The number of rotatable bonds is 7. The van der Waals surface area contributed by atoms with Crippen molar-refractivity contribution in [3.63, 3.8) is 0 Å². The van der Waals surface area contributed by atoms with E-state index < -0.39 is 0 Å². The van der Waals surface area contributed by atoms with Crippen LogP contribution >= 0.6 is 0 Å². The maximum atomic E-state index is 5.52. The van der Waals surface area contributed by atoms with Crippen LogP contribution in [0.1, 0.15) is 25.3 Å². The lowest BCUT2D eigenvalue weighted by Crippen LogP contribution is -2.36. The van der Waals surface area contributed by atoms with E-state index in [-0.39, 0.29) is 0 Å². The van der Waals surface area contributed by atoms with Crippen LogP contribution in [-0.2, 0) is 6.54 Å². The predicted molar refractivity (Wildman–Crippen MR) is 86.1 cm³/mol. The SMILES string of the molecule is CCNCC1CCN(Cc2cccc(OC)c2OC)CC1. The zero-order chi connectivity index (χ0) is 15.1. The van der Waals surface area contributed by atoms with E-state index in [9.17, 15) is 0 Å². The Kier molecular flexibility index (Phi) is 6.33. The van der Waals surface area contributed by atoms with Gasteiger partial charge in [-0.3, -0.25) is 4.90 Å². The second kappa shape index (κ2) is 8.25.